The third-order valence-electron chi connectivity index (χ3n) is 4.75. The van der Waals surface area contributed by atoms with E-state index in [0.717, 1.165) is 49.6 Å². The monoisotopic (exact) mass is 342 g/mol. The predicted octanol–water partition coefficient (Wildman–Crippen LogP) is 2.69. The number of aryl methyl sites for hydroxylation is 1. The van der Waals surface area contributed by atoms with Crippen molar-refractivity contribution in [1.82, 2.24) is 10.2 Å². The molecular weight excluding hydrogens is 316 g/mol. The highest BCUT2D eigenvalue weighted by atomic mass is 16.3. The van der Waals surface area contributed by atoms with Gasteiger partial charge in [-0.3, -0.25) is 4.79 Å². The first-order chi connectivity index (χ1) is 12.2. The summed E-state index contributed by atoms with van der Waals surface area (Å²) >= 11 is 0. The summed E-state index contributed by atoms with van der Waals surface area (Å²) in [6.07, 6.45) is 2.22. The highest BCUT2D eigenvalue weighted by Crippen LogP contribution is 2.22. The zero-order valence-corrected chi connectivity index (χ0v) is 14.7. The molecule has 3 rings (SSSR count). The van der Waals surface area contributed by atoms with Gasteiger partial charge in [-0.25, -0.2) is 0 Å². The number of aliphatic hydroxyl groups excluding tert-OH is 1. The molecule has 1 aliphatic rings. The maximum Gasteiger partial charge on any atom is 0.251 e. The van der Waals surface area contributed by atoms with Crippen LogP contribution in [0.1, 0.15) is 29.0 Å². The highest BCUT2D eigenvalue weighted by molar-refractivity contribution is 5.94. The molecule has 0 aliphatic carbocycles. The number of hydrogen-bond donors (Lipinski definition) is 2. The quantitative estimate of drug-likeness (QED) is 0.847. The molecule has 0 radical (unpaired) electrons. The van der Waals surface area contributed by atoms with Crippen LogP contribution in [-0.2, 0) is 0 Å². The Morgan fingerprint density at radius 2 is 2.08 bits per heavy atom. The minimum Gasteiger partial charge on any atom is -0.461 e. The number of piperidine rings is 1. The van der Waals surface area contributed by atoms with Crippen molar-refractivity contribution in [3.8, 4) is 11.3 Å². The van der Waals surface area contributed by atoms with Crippen LogP contribution in [-0.4, -0.2) is 48.7 Å². The minimum atomic E-state index is -0.0575. The van der Waals surface area contributed by atoms with Crippen molar-refractivity contribution in [1.29, 1.82) is 0 Å². The summed E-state index contributed by atoms with van der Waals surface area (Å²) in [4.78, 5) is 14.6. The molecule has 0 spiro atoms. The first kappa shape index (κ1) is 17.7. The van der Waals surface area contributed by atoms with Crippen LogP contribution in [0.5, 0.6) is 0 Å². The maximum absolute atomic E-state index is 12.3. The molecule has 2 heterocycles. The molecule has 1 fully saturated rings. The summed E-state index contributed by atoms with van der Waals surface area (Å²) in [5, 5.41) is 12.2. The fourth-order valence-corrected chi connectivity index (χ4v) is 3.31. The Morgan fingerprint density at radius 3 is 2.76 bits per heavy atom. The van der Waals surface area contributed by atoms with Crippen molar-refractivity contribution in [2.45, 2.75) is 19.8 Å². The van der Waals surface area contributed by atoms with E-state index in [9.17, 15) is 9.90 Å². The predicted molar refractivity (Wildman–Crippen MR) is 97.5 cm³/mol. The van der Waals surface area contributed by atoms with Crippen LogP contribution in [0.3, 0.4) is 0 Å². The topological polar surface area (TPSA) is 65.7 Å². The average Bonchev–Trinajstić information content (AvgIpc) is 3.08. The van der Waals surface area contributed by atoms with Crippen molar-refractivity contribution in [3.05, 3.63) is 47.7 Å². The lowest BCUT2D eigenvalue weighted by Crippen LogP contribution is -2.41. The molecule has 0 bridgehead atoms. The lowest BCUT2D eigenvalue weighted by atomic mass is 9.99. The normalized spacial score (nSPS) is 18.2. The molecule has 1 aromatic carbocycles. The van der Waals surface area contributed by atoms with E-state index >= 15 is 0 Å². The largest absolute Gasteiger partial charge is 0.461 e. The van der Waals surface area contributed by atoms with Gasteiger partial charge in [0.2, 0.25) is 0 Å². The van der Waals surface area contributed by atoms with Crippen molar-refractivity contribution in [2.75, 3.05) is 32.8 Å². The van der Waals surface area contributed by atoms with Gasteiger partial charge in [-0.2, -0.15) is 0 Å². The number of carbonyl (C=O) groups is 1. The number of hydrogen-bond acceptors (Lipinski definition) is 4. The van der Waals surface area contributed by atoms with Gasteiger partial charge in [0.15, 0.2) is 0 Å². The Hall–Kier alpha value is -2.11. The van der Waals surface area contributed by atoms with E-state index in [0.29, 0.717) is 18.0 Å². The van der Waals surface area contributed by atoms with Gasteiger partial charge >= 0.3 is 0 Å². The molecule has 134 valence electrons. The van der Waals surface area contributed by atoms with E-state index < -0.39 is 0 Å². The van der Waals surface area contributed by atoms with Crippen molar-refractivity contribution in [2.24, 2.45) is 5.92 Å². The fourth-order valence-electron chi connectivity index (χ4n) is 3.31. The second-order valence-corrected chi connectivity index (χ2v) is 6.73. The molecule has 0 saturated carbocycles. The number of likely N-dealkylation sites (tertiary alicyclic amines) is 1. The van der Waals surface area contributed by atoms with Crippen molar-refractivity contribution in [3.63, 3.8) is 0 Å². The van der Waals surface area contributed by atoms with Gasteiger partial charge in [-0.05, 0) is 56.5 Å². The van der Waals surface area contributed by atoms with E-state index in [1.165, 1.54) is 0 Å². The molecule has 1 atom stereocenters. The van der Waals surface area contributed by atoms with Crippen LogP contribution in [0.2, 0.25) is 0 Å². The van der Waals surface area contributed by atoms with Crippen LogP contribution in [0.25, 0.3) is 11.3 Å². The molecule has 5 heteroatoms. The number of aliphatic hydroxyl groups is 1. The number of nitrogens with zero attached hydrogens (tertiary/aromatic N) is 1. The second-order valence-electron chi connectivity index (χ2n) is 6.73. The van der Waals surface area contributed by atoms with Crippen LogP contribution >= 0.6 is 0 Å². The van der Waals surface area contributed by atoms with Crippen LogP contribution in [0, 0.1) is 12.8 Å². The summed E-state index contributed by atoms with van der Waals surface area (Å²) < 4.78 is 5.60. The molecule has 1 saturated heterocycles. The van der Waals surface area contributed by atoms with Crippen LogP contribution in [0.4, 0.5) is 0 Å². The third kappa shape index (κ3) is 4.71. The Bertz CT molecular complexity index is 693. The molecule has 25 heavy (non-hydrogen) atoms. The van der Waals surface area contributed by atoms with Gasteiger partial charge in [0.25, 0.3) is 5.91 Å². The van der Waals surface area contributed by atoms with Crippen molar-refractivity contribution >= 4 is 5.91 Å². The summed E-state index contributed by atoms with van der Waals surface area (Å²) in [5.74, 6) is 2.01. The Balaban J connectivity index is 1.48. The zero-order chi connectivity index (χ0) is 17.6. The van der Waals surface area contributed by atoms with Crippen LogP contribution < -0.4 is 5.32 Å². The van der Waals surface area contributed by atoms with E-state index in [1.807, 2.05) is 43.3 Å². The summed E-state index contributed by atoms with van der Waals surface area (Å²) in [6, 6.07) is 11.3. The van der Waals surface area contributed by atoms with Gasteiger partial charge in [0.05, 0.1) is 0 Å². The van der Waals surface area contributed by atoms with Crippen molar-refractivity contribution < 1.29 is 14.3 Å². The minimum absolute atomic E-state index is 0.0575. The SMILES string of the molecule is Cc1ccc(-c2ccc(C(=O)NCCN3CCC[C@H](CO)C3)cc2)o1. The third-order valence-corrected chi connectivity index (χ3v) is 4.75. The number of benzene rings is 1. The standard InChI is InChI=1S/C20H26N2O3/c1-15-4-9-19(25-15)17-5-7-18(8-6-17)20(24)21-10-12-22-11-2-3-16(13-22)14-23/h4-9,16,23H,2-3,10-14H2,1H3,(H,21,24)/t16-/m0/s1. The molecular formula is C20H26N2O3. The molecule has 1 aromatic heterocycles. The molecule has 1 aliphatic heterocycles. The second kappa shape index (κ2) is 8.32. The Morgan fingerprint density at radius 1 is 1.28 bits per heavy atom. The molecule has 2 N–H and O–H groups in total. The number of nitrogens with one attached hydrogen (secondary N) is 1. The van der Waals surface area contributed by atoms with Gasteiger partial charge < -0.3 is 19.7 Å². The molecule has 1 amide bonds. The van der Waals surface area contributed by atoms with Crippen LogP contribution in [0.15, 0.2) is 40.8 Å². The average molecular weight is 342 g/mol. The van der Waals surface area contributed by atoms with Gasteiger partial charge in [0, 0.05) is 37.4 Å². The van der Waals surface area contributed by atoms with E-state index in [1.54, 1.807) is 0 Å². The first-order valence-corrected chi connectivity index (χ1v) is 8.94. The zero-order valence-electron chi connectivity index (χ0n) is 14.7. The smallest absolute Gasteiger partial charge is 0.251 e. The molecule has 0 unspecified atom stereocenters. The molecule has 5 nitrogen and oxygen atoms in total. The lowest BCUT2D eigenvalue weighted by molar-refractivity contribution is 0.0930. The number of furan rings is 1. The Labute approximate surface area is 148 Å². The van der Waals surface area contributed by atoms with Gasteiger partial charge in [-0.15, -0.1) is 0 Å². The van der Waals surface area contributed by atoms with Gasteiger partial charge in [-0.1, -0.05) is 12.1 Å². The highest BCUT2D eigenvalue weighted by Gasteiger charge is 2.18. The summed E-state index contributed by atoms with van der Waals surface area (Å²) in [7, 11) is 0. The Kier molecular flexibility index (Phi) is 5.89. The van der Waals surface area contributed by atoms with E-state index in [-0.39, 0.29) is 12.5 Å². The van der Waals surface area contributed by atoms with Gasteiger partial charge in [0.1, 0.15) is 11.5 Å². The van der Waals surface area contributed by atoms with E-state index in [2.05, 4.69) is 10.2 Å². The number of carbonyl (C=O) groups excluding carboxylic acids is 1. The van der Waals surface area contributed by atoms with E-state index in [4.69, 9.17) is 4.42 Å². The first-order valence-electron chi connectivity index (χ1n) is 8.94. The summed E-state index contributed by atoms with van der Waals surface area (Å²) in [6.45, 7) is 5.58. The molecule has 2 aromatic rings. The summed E-state index contributed by atoms with van der Waals surface area (Å²) in [5.41, 5.74) is 1.62. The lowest BCUT2D eigenvalue weighted by Gasteiger charge is -2.31. The fraction of sp³-hybridized carbons (Fsp3) is 0.450. The number of amides is 1. The maximum atomic E-state index is 12.3. The number of rotatable bonds is 6.